The van der Waals surface area contributed by atoms with Crippen LogP contribution in [0.15, 0.2) is 53.5 Å². The zero-order valence-electron chi connectivity index (χ0n) is 13.0. The molecule has 0 unspecified atom stereocenters. The van der Waals surface area contributed by atoms with E-state index in [2.05, 4.69) is 32.6 Å². The minimum absolute atomic E-state index is 0.0273. The summed E-state index contributed by atoms with van der Waals surface area (Å²) in [5.74, 6) is 0.0273. The molecule has 0 radical (unpaired) electrons. The Balaban J connectivity index is 2.35. The van der Waals surface area contributed by atoms with Crippen LogP contribution in [0.5, 0.6) is 5.75 Å². The largest absolute Gasteiger partial charge is 0.434 e. The molecule has 5 nitrogen and oxygen atoms in total. The van der Waals surface area contributed by atoms with Crippen LogP contribution in [0.25, 0.3) is 0 Å². The van der Waals surface area contributed by atoms with Crippen LogP contribution in [0.4, 0.5) is 20.2 Å². The first kappa shape index (κ1) is 18.9. The predicted octanol–water partition coefficient (Wildman–Crippen LogP) is 5.30. The van der Waals surface area contributed by atoms with Gasteiger partial charge in [-0.3, -0.25) is 10.1 Å². The maximum Gasteiger partial charge on any atom is 0.387 e. The minimum Gasteiger partial charge on any atom is -0.434 e. The number of anilines is 1. The third-order valence-electron chi connectivity index (χ3n) is 3.42. The van der Waals surface area contributed by atoms with Gasteiger partial charge in [-0.05, 0) is 30.2 Å². The summed E-state index contributed by atoms with van der Waals surface area (Å²) in [6.07, 6.45) is 2.10. The number of benzene rings is 2. The number of hydrogen-bond acceptors (Lipinski definition) is 4. The Hall–Kier alpha value is -2.48. The second-order valence-corrected chi connectivity index (χ2v) is 5.95. The van der Waals surface area contributed by atoms with E-state index in [4.69, 9.17) is 0 Å². The number of halogens is 3. The second kappa shape index (κ2) is 8.57. The third-order valence-corrected chi connectivity index (χ3v) is 3.91. The molecule has 25 heavy (non-hydrogen) atoms. The van der Waals surface area contributed by atoms with Gasteiger partial charge >= 0.3 is 6.61 Å². The van der Waals surface area contributed by atoms with Gasteiger partial charge in [0.15, 0.2) is 0 Å². The molecule has 0 bridgehead atoms. The summed E-state index contributed by atoms with van der Waals surface area (Å²) >= 11 is 3.26. The number of allylic oxidation sites excluding steroid dienone is 1. The lowest BCUT2D eigenvalue weighted by Gasteiger charge is -2.16. The average Bonchev–Trinajstić information content (AvgIpc) is 2.53. The van der Waals surface area contributed by atoms with Crippen LogP contribution in [0.1, 0.15) is 11.1 Å². The Morgan fingerprint density at radius 1 is 1.36 bits per heavy atom. The van der Waals surface area contributed by atoms with Gasteiger partial charge in [0.25, 0.3) is 5.69 Å². The van der Waals surface area contributed by atoms with Gasteiger partial charge in [0.05, 0.1) is 4.92 Å². The van der Waals surface area contributed by atoms with Crippen molar-refractivity contribution in [1.82, 2.24) is 0 Å². The van der Waals surface area contributed by atoms with Crippen LogP contribution in [0.2, 0.25) is 0 Å². The van der Waals surface area contributed by atoms with E-state index in [9.17, 15) is 18.9 Å². The summed E-state index contributed by atoms with van der Waals surface area (Å²) in [7, 11) is 0. The van der Waals surface area contributed by atoms with Crippen LogP contribution in [-0.4, -0.2) is 11.5 Å². The summed E-state index contributed by atoms with van der Waals surface area (Å²) in [6, 6.07) is 9.29. The Labute approximate surface area is 151 Å². The van der Waals surface area contributed by atoms with Gasteiger partial charge in [0.1, 0.15) is 11.4 Å². The molecule has 0 aliphatic rings. The summed E-state index contributed by atoms with van der Waals surface area (Å²) in [5.41, 5.74) is 1.41. The molecule has 0 aromatic heterocycles. The van der Waals surface area contributed by atoms with Crippen LogP contribution >= 0.6 is 15.9 Å². The third kappa shape index (κ3) is 4.99. The minimum atomic E-state index is -2.96. The van der Waals surface area contributed by atoms with Crippen molar-refractivity contribution in [2.75, 3.05) is 5.32 Å². The molecule has 0 fully saturated rings. The lowest BCUT2D eigenvalue weighted by Crippen LogP contribution is -2.10. The van der Waals surface area contributed by atoms with E-state index >= 15 is 0 Å². The molecule has 132 valence electrons. The van der Waals surface area contributed by atoms with Crippen molar-refractivity contribution in [2.24, 2.45) is 0 Å². The first-order valence-corrected chi connectivity index (χ1v) is 8.06. The first-order chi connectivity index (χ1) is 11.9. The molecule has 0 atom stereocenters. The summed E-state index contributed by atoms with van der Waals surface area (Å²) in [6.45, 7) is 0.776. The number of rotatable bonds is 8. The molecule has 0 heterocycles. The Bertz CT molecular complexity index is 784. The van der Waals surface area contributed by atoms with E-state index in [1.807, 2.05) is 0 Å². The Kier molecular flexibility index (Phi) is 6.46. The van der Waals surface area contributed by atoms with Crippen molar-refractivity contribution < 1.29 is 18.4 Å². The fourth-order valence-electron chi connectivity index (χ4n) is 2.36. The summed E-state index contributed by atoms with van der Waals surface area (Å²) in [4.78, 5) is 10.6. The van der Waals surface area contributed by atoms with Crippen LogP contribution in [0.3, 0.4) is 0 Å². The van der Waals surface area contributed by atoms with E-state index in [1.165, 1.54) is 12.1 Å². The Morgan fingerprint density at radius 2 is 2.12 bits per heavy atom. The van der Waals surface area contributed by atoms with Gasteiger partial charge in [-0.15, -0.1) is 6.58 Å². The average molecular weight is 413 g/mol. The van der Waals surface area contributed by atoms with Gasteiger partial charge in [-0.25, -0.2) is 0 Å². The van der Waals surface area contributed by atoms with Crippen molar-refractivity contribution in [2.45, 2.75) is 19.6 Å². The van der Waals surface area contributed by atoms with Crippen molar-refractivity contribution >= 4 is 27.3 Å². The number of nitro benzene ring substituents is 1. The zero-order chi connectivity index (χ0) is 18.4. The van der Waals surface area contributed by atoms with E-state index in [0.717, 1.165) is 5.56 Å². The Morgan fingerprint density at radius 3 is 2.76 bits per heavy atom. The van der Waals surface area contributed by atoms with Crippen LogP contribution in [0, 0.1) is 10.1 Å². The predicted molar refractivity (Wildman–Crippen MR) is 95.1 cm³/mol. The molecule has 8 heteroatoms. The first-order valence-electron chi connectivity index (χ1n) is 7.26. The summed E-state index contributed by atoms with van der Waals surface area (Å²) < 4.78 is 30.5. The molecule has 0 saturated heterocycles. The lowest BCUT2D eigenvalue weighted by atomic mass is 10.0. The summed E-state index contributed by atoms with van der Waals surface area (Å²) in [5, 5.41) is 14.1. The molecular weight excluding hydrogens is 398 g/mol. The topological polar surface area (TPSA) is 64.4 Å². The van der Waals surface area contributed by atoms with E-state index < -0.39 is 11.5 Å². The molecule has 1 N–H and O–H groups in total. The SMILES string of the molecule is C=CCc1cccc(OC(F)F)c1CNc1cc(Br)ccc1[N+](=O)[O-]. The molecule has 0 aliphatic carbocycles. The number of ether oxygens (including phenoxy) is 1. The van der Waals surface area contributed by atoms with Crippen molar-refractivity contribution in [1.29, 1.82) is 0 Å². The van der Waals surface area contributed by atoms with Crippen molar-refractivity contribution in [3.8, 4) is 5.75 Å². The van der Waals surface area contributed by atoms with Crippen molar-refractivity contribution in [3.05, 3.63) is 74.8 Å². The van der Waals surface area contributed by atoms with E-state index in [-0.39, 0.29) is 23.7 Å². The van der Waals surface area contributed by atoms with Crippen molar-refractivity contribution in [3.63, 3.8) is 0 Å². The molecule has 2 aromatic rings. The number of nitrogens with one attached hydrogen (secondary N) is 1. The molecule has 0 spiro atoms. The fraction of sp³-hybridized carbons (Fsp3) is 0.176. The molecule has 0 amide bonds. The second-order valence-electron chi connectivity index (χ2n) is 5.04. The van der Waals surface area contributed by atoms with Crippen LogP contribution < -0.4 is 10.1 Å². The quantitative estimate of drug-likeness (QED) is 0.363. The maximum atomic E-state index is 12.6. The number of nitro groups is 1. The number of alkyl halides is 2. The molecular formula is C17H15BrF2N2O3. The fourth-order valence-corrected chi connectivity index (χ4v) is 2.72. The zero-order valence-corrected chi connectivity index (χ0v) is 14.6. The standard InChI is InChI=1S/C17H15BrF2N2O3/c1-2-4-11-5-3-6-16(25-17(19)20)13(11)10-21-14-9-12(18)7-8-15(14)22(23)24/h2-3,5-9,17,21H,1,4,10H2. The van der Waals surface area contributed by atoms with E-state index in [0.29, 0.717) is 16.5 Å². The highest BCUT2D eigenvalue weighted by Gasteiger charge is 2.17. The molecule has 0 saturated carbocycles. The number of nitrogens with zero attached hydrogens (tertiary/aromatic N) is 1. The van der Waals surface area contributed by atoms with Gasteiger partial charge in [-0.2, -0.15) is 8.78 Å². The maximum absolute atomic E-state index is 12.6. The molecule has 2 aromatic carbocycles. The smallest absolute Gasteiger partial charge is 0.387 e. The molecule has 0 aliphatic heterocycles. The van der Waals surface area contributed by atoms with Gasteiger partial charge in [0, 0.05) is 22.6 Å². The molecule has 2 rings (SSSR count). The highest BCUT2D eigenvalue weighted by Crippen LogP contribution is 2.31. The monoisotopic (exact) mass is 412 g/mol. The van der Waals surface area contributed by atoms with Gasteiger partial charge in [0.2, 0.25) is 0 Å². The van der Waals surface area contributed by atoms with Crippen LogP contribution in [-0.2, 0) is 13.0 Å². The normalized spacial score (nSPS) is 10.6. The van der Waals surface area contributed by atoms with Gasteiger partial charge in [-0.1, -0.05) is 34.1 Å². The lowest BCUT2D eigenvalue weighted by molar-refractivity contribution is -0.384. The highest BCUT2D eigenvalue weighted by atomic mass is 79.9. The number of hydrogen-bond donors (Lipinski definition) is 1. The highest BCUT2D eigenvalue weighted by molar-refractivity contribution is 9.10. The van der Waals surface area contributed by atoms with E-state index in [1.54, 1.807) is 30.3 Å². The van der Waals surface area contributed by atoms with Gasteiger partial charge < -0.3 is 10.1 Å².